The van der Waals surface area contributed by atoms with Crippen LogP contribution in [-0.4, -0.2) is 57.2 Å². The molecule has 35 heavy (non-hydrogen) atoms. The number of sulfonamides is 1. The summed E-state index contributed by atoms with van der Waals surface area (Å²) in [6, 6.07) is 12.9. The minimum absolute atomic E-state index is 0.0655. The maximum absolute atomic E-state index is 13.0. The van der Waals surface area contributed by atoms with Crippen molar-refractivity contribution in [2.75, 3.05) is 26.7 Å². The fourth-order valence-corrected chi connectivity index (χ4v) is 6.66. The van der Waals surface area contributed by atoms with E-state index in [0.29, 0.717) is 12.8 Å². The van der Waals surface area contributed by atoms with E-state index in [0.717, 1.165) is 42.4 Å². The molecule has 1 heterocycles. The van der Waals surface area contributed by atoms with E-state index in [1.807, 2.05) is 24.3 Å². The summed E-state index contributed by atoms with van der Waals surface area (Å²) in [5.41, 5.74) is 1.80. The third kappa shape index (κ3) is 6.63. The Balaban J connectivity index is 1.37. The Labute approximate surface area is 208 Å². The summed E-state index contributed by atoms with van der Waals surface area (Å²) in [4.78, 5) is 14.5. The lowest BCUT2D eigenvalue weighted by molar-refractivity contribution is -0.140. The Morgan fingerprint density at radius 2 is 1.54 bits per heavy atom. The Bertz CT molecular complexity index is 1070. The lowest BCUT2D eigenvalue weighted by atomic mass is 9.86. The molecule has 0 bridgehead atoms. The second-order valence-corrected chi connectivity index (χ2v) is 11.5. The van der Waals surface area contributed by atoms with E-state index in [2.05, 4.69) is 9.62 Å². The number of rotatable bonds is 9. The van der Waals surface area contributed by atoms with Crippen LogP contribution in [0.2, 0.25) is 0 Å². The van der Waals surface area contributed by atoms with Crippen molar-refractivity contribution in [2.45, 2.75) is 55.9 Å². The van der Waals surface area contributed by atoms with Crippen LogP contribution in [0, 0.1) is 11.8 Å². The minimum Gasteiger partial charge on any atom is -0.497 e. The number of piperidine rings is 1. The fourth-order valence-electron chi connectivity index (χ4n) is 5.40. The summed E-state index contributed by atoms with van der Waals surface area (Å²) in [5.74, 6) is 0.157. The predicted octanol–water partition coefficient (Wildman–Crippen LogP) is 4.39. The number of likely N-dealkylation sites (tertiary alicyclic amines) is 1. The van der Waals surface area contributed by atoms with E-state index in [-0.39, 0.29) is 10.8 Å². The summed E-state index contributed by atoms with van der Waals surface area (Å²) >= 11 is 0. The first-order valence-corrected chi connectivity index (χ1v) is 14.1. The van der Waals surface area contributed by atoms with Gasteiger partial charge in [0.25, 0.3) is 0 Å². The molecule has 2 fully saturated rings. The highest BCUT2D eigenvalue weighted by atomic mass is 32.2. The van der Waals surface area contributed by atoms with Crippen molar-refractivity contribution in [3.63, 3.8) is 0 Å². The maximum atomic E-state index is 13.0. The van der Waals surface area contributed by atoms with Gasteiger partial charge in [-0.1, -0.05) is 43.5 Å². The molecule has 2 aromatic carbocycles. The first-order valence-electron chi connectivity index (χ1n) is 12.6. The highest BCUT2D eigenvalue weighted by Crippen LogP contribution is 2.28. The summed E-state index contributed by atoms with van der Waals surface area (Å²) < 4.78 is 33.8. The van der Waals surface area contributed by atoms with Crippen LogP contribution in [0.25, 0.3) is 11.1 Å². The van der Waals surface area contributed by atoms with Gasteiger partial charge in [-0.3, -0.25) is 4.79 Å². The molecule has 1 aliphatic heterocycles. The van der Waals surface area contributed by atoms with Gasteiger partial charge in [-0.25, -0.2) is 8.42 Å². The van der Waals surface area contributed by atoms with Crippen LogP contribution >= 0.6 is 0 Å². The first-order chi connectivity index (χ1) is 16.9. The topological polar surface area (TPSA) is 95.9 Å². The van der Waals surface area contributed by atoms with Gasteiger partial charge in [-0.15, -0.1) is 0 Å². The average Bonchev–Trinajstić information content (AvgIpc) is 2.88. The Hall–Kier alpha value is -2.42. The van der Waals surface area contributed by atoms with E-state index in [9.17, 15) is 18.3 Å². The zero-order valence-corrected chi connectivity index (χ0v) is 21.2. The third-order valence-corrected chi connectivity index (χ3v) is 8.94. The van der Waals surface area contributed by atoms with E-state index in [1.54, 1.807) is 19.2 Å². The fraction of sp³-hybridized carbons (Fsp3) is 0.519. The van der Waals surface area contributed by atoms with Crippen molar-refractivity contribution >= 4 is 16.0 Å². The van der Waals surface area contributed by atoms with Gasteiger partial charge < -0.3 is 14.7 Å². The van der Waals surface area contributed by atoms with E-state index < -0.39 is 22.0 Å². The lowest BCUT2D eigenvalue weighted by Gasteiger charge is -2.37. The number of hydrogen-bond donors (Lipinski definition) is 2. The number of aliphatic carboxylic acids is 1. The molecule has 2 N–H and O–H groups in total. The van der Waals surface area contributed by atoms with Crippen molar-refractivity contribution in [3.05, 3.63) is 48.5 Å². The van der Waals surface area contributed by atoms with Gasteiger partial charge in [0, 0.05) is 6.54 Å². The number of hydrogen-bond acceptors (Lipinski definition) is 5. The van der Waals surface area contributed by atoms with Crippen LogP contribution in [0.5, 0.6) is 5.75 Å². The van der Waals surface area contributed by atoms with Crippen LogP contribution in [0.4, 0.5) is 0 Å². The van der Waals surface area contributed by atoms with Crippen LogP contribution in [0.1, 0.15) is 44.9 Å². The van der Waals surface area contributed by atoms with Gasteiger partial charge in [0.15, 0.2) is 0 Å². The van der Waals surface area contributed by atoms with Crippen molar-refractivity contribution < 1.29 is 23.1 Å². The van der Waals surface area contributed by atoms with Crippen molar-refractivity contribution in [1.82, 2.24) is 9.62 Å². The molecule has 7 nitrogen and oxygen atoms in total. The summed E-state index contributed by atoms with van der Waals surface area (Å²) in [6.07, 6.45) is 7.90. The minimum atomic E-state index is -3.96. The maximum Gasteiger partial charge on any atom is 0.322 e. The number of nitrogens with one attached hydrogen (secondary N) is 1. The number of carbonyl (C=O) groups is 1. The summed E-state index contributed by atoms with van der Waals surface area (Å²) in [7, 11) is -2.36. The van der Waals surface area contributed by atoms with E-state index >= 15 is 0 Å². The molecule has 0 radical (unpaired) electrons. The van der Waals surface area contributed by atoms with E-state index in [4.69, 9.17) is 4.74 Å². The molecular formula is C27H36N2O5S. The Kier molecular flexibility index (Phi) is 8.46. The zero-order chi connectivity index (χ0) is 24.8. The number of carboxylic acids is 1. The summed E-state index contributed by atoms with van der Waals surface area (Å²) in [5, 5.41) is 9.85. The van der Waals surface area contributed by atoms with Crippen molar-refractivity contribution in [2.24, 2.45) is 11.8 Å². The molecule has 0 spiro atoms. The van der Waals surface area contributed by atoms with Gasteiger partial charge >= 0.3 is 5.97 Å². The highest BCUT2D eigenvalue weighted by Gasteiger charge is 2.35. The molecule has 0 aromatic heterocycles. The number of benzene rings is 2. The molecule has 2 aromatic rings. The molecule has 1 unspecified atom stereocenters. The normalized spacial score (nSPS) is 19.3. The SMILES string of the molecule is COc1ccc(-c2ccc(S(=O)(=O)NC(C(=O)O)C3CCN(CC4CCCCC4)CC3)cc2)cc1. The Morgan fingerprint density at radius 3 is 2.09 bits per heavy atom. The second-order valence-electron chi connectivity index (χ2n) is 9.83. The van der Waals surface area contributed by atoms with Gasteiger partial charge in [0.2, 0.25) is 10.0 Å². The van der Waals surface area contributed by atoms with Crippen LogP contribution in [0.15, 0.2) is 53.4 Å². The third-order valence-electron chi connectivity index (χ3n) is 7.48. The van der Waals surface area contributed by atoms with Gasteiger partial charge in [0.1, 0.15) is 11.8 Å². The number of nitrogens with zero attached hydrogens (tertiary/aromatic N) is 1. The van der Waals surface area contributed by atoms with Gasteiger partial charge in [0.05, 0.1) is 12.0 Å². The largest absolute Gasteiger partial charge is 0.497 e. The number of carboxylic acid groups (broad SMARTS) is 1. The van der Waals surface area contributed by atoms with Crippen LogP contribution in [-0.2, 0) is 14.8 Å². The molecule has 1 atom stereocenters. The van der Waals surface area contributed by atoms with Crippen LogP contribution < -0.4 is 9.46 Å². The lowest BCUT2D eigenvalue weighted by Crippen LogP contribution is -2.50. The molecule has 1 aliphatic carbocycles. The van der Waals surface area contributed by atoms with Gasteiger partial charge in [-0.2, -0.15) is 4.72 Å². The van der Waals surface area contributed by atoms with Crippen molar-refractivity contribution in [3.8, 4) is 16.9 Å². The predicted molar refractivity (Wildman–Crippen MR) is 136 cm³/mol. The molecule has 4 rings (SSSR count). The van der Waals surface area contributed by atoms with Crippen LogP contribution in [0.3, 0.4) is 0 Å². The smallest absolute Gasteiger partial charge is 0.322 e. The number of ether oxygens (including phenoxy) is 1. The first kappa shape index (κ1) is 25.7. The molecule has 2 aliphatic rings. The number of methoxy groups -OCH3 is 1. The molecule has 1 saturated heterocycles. The van der Waals surface area contributed by atoms with E-state index in [1.165, 1.54) is 44.2 Å². The quantitative estimate of drug-likeness (QED) is 0.530. The molecule has 8 heteroatoms. The monoisotopic (exact) mass is 500 g/mol. The molecule has 190 valence electrons. The Morgan fingerprint density at radius 1 is 0.971 bits per heavy atom. The summed E-state index contributed by atoms with van der Waals surface area (Å²) in [6.45, 7) is 2.73. The standard InChI is InChI=1S/C27H36N2O5S/c1-34-24-11-7-21(8-12-24)22-9-13-25(14-10-22)35(32,33)28-26(27(30)31)23-15-17-29(18-16-23)19-20-5-3-2-4-6-20/h7-14,20,23,26,28H,2-6,15-19H2,1H3,(H,30,31). The van der Waals surface area contributed by atoms with Crippen molar-refractivity contribution in [1.29, 1.82) is 0 Å². The van der Waals surface area contributed by atoms with Gasteiger partial charge in [-0.05, 0) is 86.0 Å². The molecule has 1 saturated carbocycles. The highest BCUT2D eigenvalue weighted by molar-refractivity contribution is 7.89. The zero-order valence-electron chi connectivity index (χ0n) is 20.4. The second kappa shape index (κ2) is 11.5. The molecular weight excluding hydrogens is 464 g/mol. The molecule has 0 amide bonds. The average molecular weight is 501 g/mol.